The molecule has 150 valence electrons. The van der Waals surface area contributed by atoms with Crippen molar-refractivity contribution in [2.75, 3.05) is 38.1 Å². The lowest BCUT2D eigenvalue weighted by molar-refractivity contribution is -0.136. The van der Waals surface area contributed by atoms with E-state index in [1.165, 1.54) is 12.1 Å². The lowest BCUT2D eigenvalue weighted by Crippen LogP contribution is -2.52. The molecule has 1 amide bonds. The van der Waals surface area contributed by atoms with Crippen LogP contribution in [-0.2, 0) is 4.79 Å². The van der Waals surface area contributed by atoms with E-state index >= 15 is 0 Å². The summed E-state index contributed by atoms with van der Waals surface area (Å²) in [5.41, 5.74) is 0.964. The molecule has 2 saturated heterocycles. The predicted octanol–water partition coefficient (Wildman–Crippen LogP) is 3.76. The van der Waals surface area contributed by atoms with Gasteiger partial charge in [-0.1, -0.05) is 13.8 Å². The summed E-state index contributed by atoms with van der Waals surface area (Å²) in [6.45, 7) is 10.5. The van der Waals surface area contributed by atoms with Crippen LogP contribution in [0.2, 0.25) is 0 Å². The molecule has 2 aliphatic rings. The van der Waals surface area contributed by atoms with Crippen LogP contribution in [0.25, 0.3) is 0 Å². The van der Waals surface area contributed by atoms with Gasteiger partial charge in [0.25, 0.3) is 0 Å². The highest BCUT2D eigenvalue weighted by Crippen LogP contribution is 2.42. The molecule has 2 heterocycles. The molecule has 0 aliphatic carbocycles. The first-order chi connectivity index (χ1) is 12.9. The summed E-state index contributed by atoms with van der Waals surface area (Å²) in [5, 5.41) is 0. The fourth-order valence-corrected chi connectivity index (χ4v) is 4.88. The molecule has 2 aliphatic heterocycles. The molecular formula is C22H34FN3O. The zero-order chi connectivity index (χ0) is 19.6. The SMILES string of the molecule is CCC1(CC)C[C@H](CCN2CCN(c3ccc(F)cc3)C[C@H]2C)N(C)C1=O. The Labute approximate surface area is 163 Å². The molecule has 0 radical (unpaired) electrons. The van der Waals surface area contributed by atoms with Crippen molar-refractivity contribution in [1.29, 1.82) is 0 Å². The van der Waals surface area contributed by atoms with Crippen molar-refractivity contribution in [3.63, 3.8) is 0 Å². The molecule has 0 bridgehead atoms. The second kappa shape index (κ2) is 8.17. The van der Waals surface area contributed by atoms with E-state index in [0.717, 1.165) is 57.5 Å². The van der Waals surface area contributed by atoms with Gasteiger partial charge in [-0.15, -0.1) is 0 Å². The minimum atomic E-state index is -0.184. The standard InChI is InChI=1S/C22H34FN3O/c1-5-22(6-2)15-20(24(4)21(22)27)11-12-25-13-14-26(16-17(25)3)19-9-7-18(23)8-10-19/h7-10,17,20H,5-6,11-16H2,1-4H3/t17-,20+/m1/s1. The first-order valence-electron chi connectivity index (χ1n) is 10.4. The van der Waals surface area contributed by atoms with Gasteiger partial charge in [-0.3, -0.25) is 9.69 Å². The molecule has 5 heteroatoms. The van der Waals surface area contributed by atoms with Crippen LogP contribution in [0.5, 0.6) is 0 Å². The second-order valence-corrected chi connectivity index (χ2v) is 8.36. The van der Waals surface area contributed by atoms with Crippen molar-refractivity contribution >= 4 is 11.6 Å². The van der Waals surface area contributed by atoms with Gasteiger partial charge < -0.3 is 9.80 Å². The van der Waals surface area contributed by atoms with Gasteiger partial charge in [0.15, 0.2) is 0 Å². The Hall–Kier alpha value is -1.62. The van der Waals surface area contributed by atoms with E-state index in [-0.39, 0.29) is 11.2 Å². The normalized spacial score (nSPS) is 26.0. The van der Waals surface area contributed by atoms with E-state index in [4.69, 9.17) is 0 Å². The molecule has 0 saturated carbocycles. The number of rotatable bonds is 6. The van der Waals surface area contributed by atoms with Crippen LogP contribution in [0, 0.1) is 11.2 Å². The first kappa shape index (κ1) is 20.1. The molecule has 1 aromatic rings. The number of amides is 1. The summed E-state index contributed by atoms with van der Waals surface area (Å²) < 4.78 is 13.2. The summed E-state index contributed by atoms with van der Waals surface area (Å²) >= 11 is 0. The Morgan fingerprint density at radius 2 is 1.81 bits per heavy atom. The third-order valence-corrected chi connectivity index (χ3v) is 7.01. The Morgan fingerprint density at radius 1 is 1.15 bits per heavy atom. The van der Waals surface area contributed by atoms with Gasteiger partial charge in [0, 0.05) is 51.0 Å². The molecule has 0 aromatic heterocycles. The quantitative estimate of drug-likeness (QED) is 0.757. The molecule has 4 nitrogen and oxygen atoms in total. The number of carbonyl (C=O) groups excluding carboxylic acids is 1. The van der Waals surface area contributed by atoms with Crippen LogP contribution in [0.1, 0.15) is 46.5 Å². The number of carbonyl (C=O) groups is 1. The minimum absolute atomic E-state index is 0.133. The maximum Gasteiger partial charge on any atom is 0.228 e. The third kappa shape index (κ3) is 3.98. The van der Waals surface area contributed by atoms with Gasteiger partial charge >= 0.3 is 0 Å². The molecule has 2 atom stereocenters. The lowest BCUT2D eigenvalue weighted by Gasteiger charge is -2.41. The van der Waals surface area contributed by atoms with E-state index in [1.54, 1.807) is 0 Å². The lowest BCUT2D eigenvalue weighted by atomic mass is 9.79. The van der Waals surface area contributed by atoms with Crippen molar-refractivity contribution in [1.82, 2.24) is 9.80 Å². The number of likely N-dealkylation sites (tertiary alicyclic amines) is 1. The largest absolute Gasteiger partial charge is 0.369 e. The Morgan fingerprint density at radius 3 is 2.37 bits per heavy atom. The molecule has 0 unspecified atom stereocenters. The van der Waals surface area contributed by atoms with Gasteiger partial charge in [0.2, 0.25) is 5.91 Å². The van der Waals surface area contributed by atoms with E-state index in [2.05, 4.69) is 30.6 Å². The van der Waals surface area contributed by atoms with E-state index in [0.29, 0.717) is 18.0 Å². The molecule has 2 fully saturated rings. The van der Waals surface area contributed by atoms with Crippen LogP contribution in [-0.4, -0.2) is 61.0 Å². The van der Waals surface area contributed by atoms with Crippen LogP contribution in [0.3, 0.4) is 0 Å². The Bertz CT molecular complexity index is 643. The van der Waals surface area contributed by atoms with Crippen molar-refractivity contribution in [2.24, 2.45) is 5.41 Å². The average molecular weight is 376 g/mol. The molecular weight excluding hydrogens is 341 g/mol. The summed E-state index contributed by atoms with van der Waals surface area (Å²) in [6, 6.07) is 7.62. The fourth-order valence-electron chi connectivity index (χ4n) is 4.88. The average Bonchev–Trinajstić information content (AvgIpc) is 2.92. The molecule has 1 aromatic carbocycles. The topological polar surface area (TPSA) is 26.8 Å². The van der Waals surface area contributed by atoms with Crippen molar-refractivity contribution in [3.8, 4) is 0 Å². The van der Waals surface area contributed by atoms with E-state index in [1.807, 2.05) is 24.1 Å². The molecule has 3 rings (SSSR count). The highest BCUT2D eigenvalue weighted by molar-refractivity contribution is 5.85. The summed E-state index contributed by atoms with van der Waals surface area (Å²) in [7, 11) is 1.98. The van der Waals surface area contributed by atoms with Crippen molar-refractivity contribution < 1.29 is 9.18 Å². The number of hydrogen-bond donors (Lipinski definition) is 0. The highest BCUT2D eigenvalue weighted by Gasteiger charge is 2.47. The van der Waals surface area contributed by atoms with Gasteiger partial charge in [-0.2, -0.15) is 0 Å². The van der Waals surface area contributed by atoms with E-state index in [9.17, 15) is 9.18 Å². The third-order valence-electron chi connectivity index (χ3n) is 7.01. The maximum atomic E-state index is 13.2. The smallest absolute Gasteiger partial charge is 0.228 e. The van der Waals surface area contributed by atoms with E-state index < -0.39 is 0 Å². The van der Waals surface area contributed by atoms with Gasteiger partial charge in [0.1, 0.15) is 5.82 Å². The minimum Gasteiger partial charge on any atom is -0.369 e. The Balaban J connectivity index is 1.54. The van der Waals surface area contributed by atoms with Crippen LogP contribution < -0.4 is 4.90 Å². The number of nitrogens with zero attached hydrogens (tertiary/aromatic N) is 3. The number of piperazine rings is 1. The molecule has 0 N–H and O–H groups in total. The summed E-state index contributed by atoms with van der Waals surface area (Å²) in [5.74, 6) is 0.155. The molecule has 0 spiro atoms. The maximum absolute atomic E-state index is 13.2. The second-order valence-electron chi connectivity index (χ2n) is 8.36. The van der Waals surface area contributed by atoms with Gasteiger partial charge in [-0.05, 0) is 56.9 Å². The predicted molar refractivity (Wildman–Crippen MR) is 108 cm³/mol. The number of hydrogen-bond acceptors (Lipinski definition) is 3. The Kier molecular flexibility index (Phi) is 6.09. The zero-order valence-electron chi connectivity index (χ0n) is 17.2. The summed E-state index contributed by atoms with van der Waals surface area (Å²) in [4.78, 5) is 19.6. The summed E-state index contributed by atoms with van der Waals surface area (Å²) in [6.07, 6.45) is 3.93. The van der Waals surface area contributed by atoms with Gasteiger partial charge in [0.05, 0.1) is 5.41 Å². The fraction of sp³-hybridized carbons (Fsp3) is 0.682. The van der Waals surface area contributed by atoms with Crippen molar-refractivity contribution in [3.05, 3.63) is 30.1 Å². The van der Waals surface area contributed by atoms with Crippen LogP contribution in [0.15, 0.2) is 24.3 Å². The highest BCUT2D eigenvalue weighted by atomic mass is 19.1. The van der Waals surface area contributed by atoms with Crippen molar-refractivity contribution in [2.45, 2.75) is 58.5 Å². The zero-order valence-corrected chi connectivity index (χ0v) is 17.2. The first-order valence-corrected chi connectivity index (χ1v) is 10.4. The number of anilines is 1. The number of halogens is 1. The number of benzene rings is 1. The molecule has 27 heavy (non-hydrogen) atoms. The van der Waals surface area contributed by atoms with Crippen LogP contribution in [0.4, 0.5) is 10.1 Å². The monoisotopic (exact) mass is 375 g/mol. The van der Waals surface area contributed by atoms with Gasteiger partial charge in [-0.25, -0.2) is 4.39 Å². The van der Waals surface area contributed by atoms with Crippen LogP contribution >= 0.6 is 0 Å².